The topological polar surface area (TPSA) is 42.0 Å². The van der Waals surface area contributed by atoms with Crippen molar-refractivity contribution in [1.82, 2.24) is 10.3 Å². The highest BCUT2D eigenvalue weighted by atomic mass is 32.1. The first kappa shape index (κ1) is 16.4. The van der Waals surface area contributed by atoms with Crippen LogP contribution >= 0.6 is 11.3 Å². The molecule has 0 fully saturated rings. The van der Waals surface area contributed by atoms with E-state index in [0.29, 0.717) is 5.69 Å². The maximum Gasteiger partial charge on any atom is 0.412 e. The number of alkyl halides is 3. The number of halogens is 4. The molecule has 0 aliphatic carbocycles. The number of benzene rings is 1. The van der Waals surface area contributed by atoms with Gasteiger partial charge in [-0.25, -0.2) is 9.37 Å². The molecule has 0 aliphatic rings. The van der Waals surface area contributed by atoms with Crippen LogP contribution in [-0.4, -0.2) is 17.1 Å². The van der Waals surface area contributed by atoms with Crippen molar-refractivity contribution < 1.29 is 22.4 Å². The summed E-state index contributed by atoms with van der Waals surface area (Å²) in [5.41, 5.74) is 0.191. The van der Waals surface area contributed by atoms with Gasteiger partial charge in [0.25, 0.3) is 0 Å². The summed E-state index contributed by atoms with van der Waals surface area (Å²) in [6.07, 6.45) is -4.91. The summed E-state index contributed by atoms with van der Waals surface area (Å²) >= 11 is 1.31. The number of carbonyl (C=O) groups excluding carboxylic acids is 1. The molecule has 3 nitrogen and oxygen atoms in total. The van der Waals surface area contributed by atoms with Crippen LogP contribution in [0.4, 0.5) is 17.6 Å². The fraction of sp³-hybridized carbons (Fsp3) is 0.286. The molecule has 0 bridgehead atoms. The van der Waals surface area contributed by atoms with Gasteiger partial charge in [-0.15, -0.1) is 11.3 Å². The Kier molecular flexibility index (Phi) is 4.80. The minimum Gasteiger partial charge on any atom is -0.340 e. The van der Waals surface area contributed by atoms with Gasteiger partial charge in [-0.1, -0.05) is 12.1 Å². The molecule has 0 spiro atoms. The van der Waals surface area contributed by atoms with Crippen molar-refractivity contribution in [2.75, 3.05) is 0 Å². The number of nitrogens with one attached hydrogen (secondary N) is 1. The van der Waals surface area contributed by atoms with Crippen LogP contribution in [0.5, 0.6) is 0 Å². The Morgan fingerprint density at radius 3 is 2.45 bits per heavy atom. The smallest absolute Gasteiger partial charge is 0.340 e. The third-order valence-corrected chi connectivity index (χ3v) is 3.67. The minimum absolute atomic E-state index is 0.225. The molecule has 22 heavy (non-hydrogen) atoms. The van der Waals surface area contributed by atoms with E-state index in [1.807, 2.05) is 5.32 Å². The van der Waals surface area contributed by atoms with E-state index in [9.17, 15) is 22.4 Å². The van der Waals surface area contributed by atoms with E-state index < -0.39 is 23.9 Å². The largest absolute Gasteiger partial charge is 0.412 e. The van der Waals surface area contributed by atoms with E-state index in [0.717, 1.165) is 29.3 Å². The van der Waals surface area contributed by atoms with Crippen LogP contribution in [0.1, 0.15) is 22.3 Å². The second-order valence-corrected chi connectivity index (χ2v) is 5.69. The molecule has 0 saturated heterocycles. The molecule has 1 heterocycles. The number of nitrogens with zero attached hydrogens (tertiary/aromatic N) is 1. The van der Waals surface area contributed by atoms with E-state index in [-0.39, 0.29) is 12.0 Å². The molecule has 2 aromatic rings. The zero-order valence-corrected chi connectivity index (χ0v) is 12.3. The van der Waals surface area contributed by atoms with Gasteiger partial charge in [0, 0.05) is 5.38 Å². The fourth-order valence-electron chi connectivity index (χ4n) is 1.88. The average Bonchev–Trinajstić information content (AvgIpc) is 2.81. The second-order valence-electron chi connectivity index (χ2n) is 4.63. The van der Waals surface area contributed by atoms with Crippen molar-refractivity contribution in [3.05, 3.63) is 51.7 Å². The lowest BCUT2D eigenvalue weighted by Gasteiger charge is -2.22. The van der Waals surface area contributed by atoms with E-state index in [4.69, 9.17) is 0 Å². The fourth-order valence-corrected chi connectivity index (χ4v) is 2.49. The molecule has 1 atom stereocenters. The van der Waals surface area contributed by atoms with E-state index >= 15 is 0 Å². The highest BCUT2D eigenvalue weighted by Gasteiger charge is 2.41. The molecule has 0 aliphatic heterocycles. The van der Waals surface area contributed by atoms with Crippen molar-refractivity contribution in [3.63, 3.8) is 0 Å². The summed E-state index contributed by atoms with van der Waals surface area (Å²) in [6.45, 7) is 1.74. The number of aryl methyl sites for hydroxylation is 1. The molecular formula is C14H12F4N2OS. The maximum absolute atomic E-state index is 13.1. The second kappa shape index (κ2) is 6.43. The molecule has 118 valence electrons. The molecule has 0 unspecified atom stereocenters. The summed E-state index contributed by atoms with van der Waals surface area (Å²) in [4.78, 5) is 15.8. The van der Waals surface area contributed by atoms with Crippen LogP contribution in [0, 0.1) is 12.7 Å². The number of thiazole rings is 1. The maximum atomic E-state index is 13.1. The number of hydrogen-bond acceptors (Lipinski definition) is 3. The Labute approximate surface area is 128 Å². The van der Waals surface area contributed by atoms with Crippen LogP contribution < -0.4 is 5.32 Å². The van der Waals surface area contributed by atoms with Gasteiger partial charge in [0.15, 0.2) is 6.04 Å². The summed E-state index contributed by atoms with van der Waals surface area (Å²) in [7, 11) is 0. The van der Waals surface area contributed by atoms with Gasteiger partial charge in [0.05, 0.1) is 17.1 Å². The lowest BCUT2D eigenvalue weighted by atomic mass is 10.1. The number of amides is 1. The summed E-state index contributed by atoms with van der Waals surface area (Å²) in [6, 6.07) is 1.66. The summed E-state index contributed by atoms with van der Waals surface area (Å²) < 4.78 is 52.1. The van der Waals surface area contributed by atoms with Gasteiger partial charge >= 0.3 is 6.18 Å². The first-order valence-electron chi connectivity index (χ1n) is 6.28. The van der Waals surface area contributed by atoms with Crippen LogP contribution in [0.25, 0.3) is 0 Å². The summed E-state index contributed by atoms with van der Waals surface area (Å²) in [5, 5.41) is 4.28. The Balaban J connectivity index is 2.13. The van der Waals surface area contributed by atoms with Crippen LogP contribution in [0.15, 0.2) is 29.6 Å². The first-order chi connectivity index (χ1) is 10.3. The van der Waals surface area contributed by atoms with Crippen LogP contribution in [0.3, 0.4) is 0 Å². The monoisotopic (exact) mass is 332 g/mol. The van der Waals surface area contributed by atoms with Gasteiger partial charge in [-0.3, -0.25) is 4.79 Å². The van der Waals surface area contributed by atoms with Crippen molar-refractivity contribution in [2.24, 2.45) is 0 Å². The zero-order valence-electron chi connectivity index (χ0n) is 11.4. The van der Waals surface area contributed by atoms with Gasteiger partial charge < -0.3 is 5.32 Å². The minimum atomic E-state index is -4.68. The molecule has 2 rings (SSSR count). The van der Waals surface area contributed by atoms with Crippen molar-refractivity contribution >= 4 is 17.2 Å². The van der Waals surface area contributed by atoms with Gasteiger partial charge in [0.2, 0.25) is 5.91 Å². The quantitative estimate of drug-likeness (QED) is 0.870. The third-order valence-electron chi connectivity index (χ3n) is 2.84. The normalized spacial score (nSPS) is 13.0. The SMILES string of the molecule is Cc1nc(CC(=O)N[C@H](c2ccc(F)cc2)C(F)(F)F)cs1. The molecule has 1 aromatic carbocycles. The lowest BCUT2D eigenvalue weighted by molar-refractivity contribution is -0.163. The summed E-state index contributed by atoms with van der Waals surface area (Å²) in [5.74, 6) is -1.44. The molecule has 1 aromatic heterocycles. The standard InChI is InChI=1S/C14H12F4N2OS/c1-8-19-11(7-22-8)6-12(21)20-13(14(16,17)18)9-2-4-10(15)5-3-9/h2-5,7,13H,6H2,1H3,(H,20,21)/t13-/m1/s1. The Hall–Kier alpha value is -1.96. The number of rotatable bonds is 4. The zero-order chi connectivity index (χ0) is 16.3. The van der Waals surface area contributed by atoms with Gasteiger partial charge in [0.1, 0.15) is 5.82 Å². The molecular weight excluding hydrogens is 320 g/mol. The van der Waals surface area contributed by atoms with Crippen LogP contribution in [0.2, 0.25) is 0 Å². The molecule has 0 radical (unpaired) electrons. The first-order valence-corrected chi connectivity index (χ1v) is 7.16. The lowest BCUT2D eigenvalue weighted by Crippen LogP contribution is -2.38. The van der Waals surface area contributed by atoms with E-state index in [1.165, 1.54) is 11.3 Å². The van der Waals surface area contributed by atoms with Crippen LogP contribution in [-0.2, 0) is 11.2 Å². The average molecular weight is 332 g/mol. The van der Waals surface area contributed by atoms with E-state index in [1.54, 1.807) is 12.3 Å². The van der Waals surface area contributed by atoms with Gasteiger partial charge in [-0.2, -0.15) is 13.2 Å². The van der Waals surface area contributed by atoms with E-state index in [2.05, 4.69) is 4.98 Å². The van der Waals surface area contributed by atoms with Crippen molar-refractivity contribution in [1.29, 1.82) is 0 Å². The van der Waals surface area contributed by atoms with Crippen molar-refractivity contribution in [3.8, 4) is 0 Å². The Morgan fingerprint density at radius 2 is 1.95 bits per heavy atom. The highest BCUT2D eigenvalue weighted by Crippen LogP contribution is 2.32. The van der Waals surface area contributed by atoms with Gasteiger partial charge in [-0.05, 0) is 24.6 Å². The Bertz CT molecular complexity index is 652. The molecule has 1 N–H and O–H groups in total. The predicted molar refractivity (Wildman–Crippen MR) is 73.9 cm³/mol. The molecule has 8 heteroatoms. The number of carbonyl (C=O) groups is 1. The number of hydrogen-bond donors (Lipinski definition) is 1. The molecule has 0 saturated carbocycles. The Morgan fingerprint density at radius 1 is 1.32 bits per heavy atom. The van der Waals surface area contributed by atoms with Crippen molar-refractivity contribution in [2.45, 2.75) is 25.6 Å². The predicted octanol–water partition coefficient (Wildman–Crippen LogP) is 3.55. The third kappa shape index (κ3) is 4.27. The molecule has 1 amide bonds. The highest BCUT2D eigenvalue weighted by molar-refractivity contribution is 7.09. The number of aromatic nitrogens is 1.